The van der Waals surface area contributed by atoms with Gasteiger partial charge in [-0.05, 0) is 27.3 Å². The first-order valence-corrected chi connectivity index (χ1v) is 5.79. The van der Waals surface area contributed by atoms with Crippen molar-refractivity contribution in [2.45, 2.75) is 39.3 Å². The van der Waals surface area contributed by atoms with Crippen molar-refractivity contribution >= 4 is 5.97 Å². The lowest BCUT2D eigenvalue weighted by molar-refractivity contribution is -0.150. The molecule has 0 aromatic carbocycles. The Labute approximate surface area is 102 Å². The number of likely N-dealkylation sites (N-methyl/N-ethyl adjacent to an activating group) is 1. The summed E-state index contributed by atoms with van der Waals surface area (Å²) in [5.74, 6) is -0.810. The fourth-order valence-corrected chi connectivity index (χ4v) is 2.11. The highest BCUT2D eigenvalue weighted by Crippen LogP contribution is 2.27. The fourth-order valence-electron chi connectivity index (χ4n) is 2.11. The van der Waals surface area contributed by atoms with Crippen LogP contribution in [-0.2, 0) is 11.8 Å². The van der Waals surface area contributed by atoms with Crippen molar-refractivity contribution in [3.8, 4) is 0 Å². The van der Waals surface area contributed by atoms with Crippen LogP contribution in [0.1, 0.15) is 39.3 Å². The van der Waals surface area contributed by atoms with Crippen LogP contribution in [0.5, 0.6) is 0 Å². The van der Waals surface area contributed by atoms with Crippen molar-refractivity contribution in [1.82, 2.24) is 14.7 Å². The molecule has 5 nitrogen and oxygen atoms in total. The molecule has 0 radical (unpaired) electrons. The SMILES string of the molecule is CCN(C(C)c1cnn(C)c1)C(C)(C)C(=O)O. The normalized spacial score (nSPS) is 14.0. The first-order valence-electron chi connectivity index (χ1n) is 5.79. The van der Waals surface area contributed by atoms with Gasteiger partial charge in [-0.2, -0.15) is 5.10 Å². The molecule has 0 aliphatic heterocycles. The molecule has 1 aromatic heterocycles. The van der Waals surface area contributed by atoms with Crippen LogP contribution in [0, 0.1) is 0 Å². The first kappa shape index (κ1) is 13.7. The van der Waals surface area contributed by atoms with E-state index in [1.54, 1.807) is 24.7 Å². The monoisotopic (exact) mass is 239 g/mol. The number of carboxylic acid groups (broad SMARTS) is 1. The Hall–Kier alpha value is -1.36. The van der Waals surface area contributed by atoms with Gasteiger partial charge in [-0.15, -0.1) is 0 Å². The third-order valence-electron chi connectivity index (χ3n) is 3.26. The zero-order valence-electron chi connectivity index (χ0n) is 11.1. The second-order valence-electron chi connectivity index (χ2n) is 4.77. The predicted octanol–water partition coefficient (Wildman–Crippen LogP) is 1.67. The Morgan fingerprint density at radius 2 is 2.24 bits per heavy atom. The van der Waals surface area contributed by atoms with Crippen molar-refractivity contribution in [1.29, 1.82) is 0 Å². The van der Waals surface area contributed by atoms with E-state index >= 15 is 0 Å². The summed E-state index contributed by atoms with van der Waals surface area (Å²) in [6.45, 7) is 8.11. The molecule has 0 aliphatic rings. The topological polar surface area (TPSA) is 58.4 Å². The zero-order chi connectivity index (χ0) is 13.2. The Morgan fingerprint density at radius 1 is 1.65 bits per heavy atom. The lowest BCUT2D eigenvalue weighted by Gasteiger charge is -2.38. The Kier molecular flexibility index (Phi) is 3.93. The zero-order valence-corrected chi connectivity index (χ0v) is 11.1. The van der Waals surface area contributed by atoms with Gasteiger partial charge in [0.25, 0.3) is 0 Å². The van der Waals surface area contributed by atoms with Gasteiger partial charge in [0.1, 0.15) is 5.54 Å². The molecule has 0 bridgehead atoms. The minimum Gasteiger partial charge on any atom is -0.480 e. The molecule has 0 amide bonds. The molecular weight excluding hydrogens is 218 g/mol. The average molecular weight is 239 g/mol. The van der Waals surface area contributed by atoms with Gasteiger partial charge in [0.2, 0.25) is 0 Å². The van der Waals surface area contributed by atoms with Crippen LogP contribution < -0.4 is 0 Å². The maximum Gasteiger partial charge on any atom is 0.323 e. The van der Waals surface area contributed by atoms with Gasteiger partial charge in [0.05, 0.1) is 6.20 Å². The molecule has 0 saturated heterocycles. The van der Waals surface area contributed by atoms with E-state index in [9.17, 15) is 9.90 Å². The molecule has 1 atom stereocenters. The summed E-state index contributed by atoms with van der Waals surface area (Å²) in [5.41, 5.74) is 0.146. The van der Waals surface area contributed by atoms with Gasteiger partial charge in [0, 0.05) is 24.8 Å². The lowest BCUT2D eigenvalue weighted by Crippen LogP contribution is -2.50. The minimum atomic E-state index is -0.885. The molecule has 5 heteroatoms. The van der Waals surface area contributed by atoms with Crippen LogP contribution in [0.15, 0.2) is 12.4 Å². The Bertz CT molecular complexity index is 398. The third kappa shape index (κ3) is 2.66. The first-order chi connectivity index (χ1) is 7.80. The van der Waals surface area contributed by atoms with E-state index in [0.29, 0.717) is 6.54 Å². The fraction of sp³-hybridized carbons (Fsp3) is 0.667. The van der Waals surface area contributed by atoms with Gasteiger partial charge < -0.3 is 5.11 Å². The summed E-state index contributed by atoms with van der Waals surface area (Å²) in [4.78, 5) is 13.3. The van der Waals surface area contributed by atoms with E-state index in [-0.39, 0.29) is 6.04 Å². The van der Waals surface area contributed by atoms with Gasteiger partial charge in [-0.3, -0.25) is 14.4 Å². The van der Waals surface area contributed by atoms with Crippen LogP contribution in [0.3, 0.4) is 0 Å². The minimum absolute atomic E-state index is 0.0276. The molecule has 0 aliphatic carbocycles. The summed E-state index contributed by atoms with van der Waals surface area (Å²) < 4.78 is 1.73. The predicted molar refractivity (Wildman–Crippen MR) is 65.7 cm³/mol. The molecule has 17 heavy (non-hydrogen) atoms. The number of aryl methyl sites for hydroxylation is 1. The van der Waals surface area contributed by atoms with Crippen molar-refractivity contribution < 1.29 is 9.90 Å². The molecular formula is C12H21N3O2. The maximum atomic E-state index is 11.3. The number of aromatic nitrogens is 2. The smallest absolute Gasteiger partial charge is 0.323 e. The molecule has 0 fully saturated rings. The van der Waals surface area contributed by atoms with Crippen LogP contribution in [0.4, 0.5) is 0 Å². The molecule has 1 aromatic rings. The van der Waals surface area contributed by atoms with Gasteiger partial charge in [-0.25, -0.2) is 0 Å². The number of nitrogens with zero attached hydrogens (tertiary/aromatic N) is 3. The van der Waals surface area contributed by atoms with Crippen LogP contribution in [0.25, 0.3) is 0 Å². The number of hydrogen-bond donors (Lipinski definition) is 1. The number of carboxylic acids is 1. The van der Waals surface area contributed by atoms with Gasteiger partial charge in [0.15, 0.2) is 0 Å². The largest absolute Gasteiger partial charge is 0.480 e. The molecule has 0 saturated carbocycles. The summed E-state index contributed by atoms with van der Waals surface area (Å²) in [7, 11) is 1.86. The highest BCUT2D eigenvalue weighted by molar-refractivity contribution is 5.77. The van der Waals surface area contributed by atoms with Crippen LogP contribution in [-0.4, -0.2) is 37.8 Å². The van der Waals surface area contributed by atoms with Gasteiger partial charge in [-0.1, -0.05) is 6.92 Å². The van der Waals surface area contributed by atoms with Crippen molar-refractivity contribution in [3.05, 3.63) is 18.0 Å². The van der Waals surface area contributed by atoms with E-state index in [0.717, 1.165) is 5.56 Å². The van der Waals surface area contributed by atoms with Crippen molar-refractivity contribution in [2.75, 3.05) is 6.54 Å². The second-order valence-corrected chi connectivity index (χ2v) is 4.77. The van der Waals surface area contributed by atoms with E-state index in [1.165, 1.54) is 0 Å². The molecule has 1 heterocycles. The van der Waals surface area contributed by atoms with Gasteiger partial charge >= 0.3 is 5.97 Å². The average Bonchev–Trinajstić information content (AvgIpc) is 2.65. The Morgan fingerprint density at radius 3 is 2.59 bits per heavy atom. The summed E-state index contributed by atoms with van der Waals surface area (Å²) in [6, 6.07) is 0.0276. The number of carbonyl (C=O) groups is 1. The van der Waals surface area contributed by atoms with E-state index < -0.39 is 11.5 Å². The summed E-state index contributed by atoms with van der Waals surface area (Å²) in [6.07, 6.45) is 3.70. The Balaban J connectivity index is 2.99. The van der Waals surface area contributed by atoms with Crippen molar-refractivity contribution in [3.63, 3.8) is 0 Å². The highest BCUT2D eigenvalue weighted by atomic mass is 16.4. The van der Waals surface area contributed by atoms with Crippen LogP contribution >= 0.6 is 0 Å². The number of aliphatic carboxylic acids is 1. The molecule has 1 N–H and O–H groups in total. The van der Waals surface area contributed by atoms with Crippen molar-refractivity contribution in [2.24, 2.45) is 7.05 Å². The number of hydrogen-bond acceptors (Lipinski definition) is 3. The summed E-state index contributed by atoms with van der Waals surface area (Å²) in [5, 5.41) is 13.4. The molecule has 96 valence electrons. The lowest BCUT2D eigenvalue weighted by atomic mass is 9.98. The quantitative estimate of drug-likeness (QED) is 0.849. The second kappa shape index (κ2) is 4.87. The van der Waals surface area contributed by atoms with E-state index in [4.69, 9.17) is 0 Å². The van der Waals surface area contributed by atoms with E-state index in [1.807, 2.05) is 32.0 Å². The third-order valence-corrected chi connectivity index (χ3v) is 3.26. The van der Waals surface area contributed by atoms with Crippen LogP contribution in [0.2, 0.25) is 0 Å². The molecule has 1 rings (SSSR count). The summed E-state index contributed by atoms with van der Waals surface area (Å²) >= 11 is 0. The van der Waals surface area contributed by atoms with E-state index in [2.05, 4.69) is 5.10 Å². The maximum absolute atomic E-state index is 11.3. The molecule has 0 spiro atoms. The number of rotatable bonds is 5. The standard InChI is InChI=1S/C12H21N3O2/c1-6-15(12(3,4)11(16)17)9(2)10-7-13-14(5)8-10/h7-9H,6H2,1-5H3,(H,16,17). The molecule has 1 unspecified atom stereocenters. The highest BCUT2D eigenvalue weighted by Gasteiger charge is 2.37.